The van der Waals surface area contributed by atoms with Crippen LogP contribution in [0.5, 0.6) is 0 Å². The lowest BCUT2D eigenvalue weighted by Gasteiger charge is -2.12. The number of hydrogen-bond donors (Lipinski definition) is 0. The quantitative estimate of drug-likeness (QED) is 0.413. The van der Waals surface area contributed by atoms with Crippen LogP contribution in [0, 0.1) is 13.8 Å². The summed E-state index contributed by atoms with van der Waals surface area (Å²) in [5, 5.41) is 1.02. The van der Waals surface area contributed by atoms with E-state index < -0.39 is 0 Å². The minimum Gasteiger partial charge on any atom is -0.318 e. The van der Waals surface area contributed by atoms with Crippen molar-refractivity contribution in [1.29, 1.82) is 0 Å². The van der Waals surface area contributed by atoms with Gasteiger partial charge >= 0.3 is 0 Å². The second-order valence-corrected chi connectivity index (χ2v) is 8.90. The van der Waals surface area contributed by atoms with Gasteiger partial charge in [-0.05, 0) is 85.3 Å². The Bertz CT molecular complexity index is 1170. The Morgan fingerprint density at radius 3 is 2.17 bits per heavy atom. The van der Waals surface area contributed by atoms with Crippen molar-refractivity contribution < 1.29 is 9.59 Å². The number of amides is 2. The van der Waals surface area contributed by atoms with Gasteiger partial charge in [-0.15, -0.1) is 0 Å². The molecule has 152 valence electrons. The number of carbonyl (C=O) groups is 2. The molecule has 0 atom stereocenters. The highest BCUT2D eigenvalue weighted by atomic mass is 35.5. The molecule has 1 saturated heterocycles. The third-order valence-electron chi connectivity index (χ3n) is 4.97. The van der Waals surface area contributed by atoms with E-state index in [1.165, 1.54) is 4.90 Å². The summed E-state index contributed by atoms with van der Waals surface area (Å²) >= 11 is 12.9. The van der Waals surface area contributed by atoms with Gasteiger partial charge in [0.05, 0.1) is 11.4 Å². The third-order valence-corrected chi connectivity index (χ3v) is 6.38. The Labute approximate surface area is 189 Å². The number of aromatic nitrogens is 1. The van der Waals surface area contributed by atoms with Crippen LogP contribution in [0.2, 0.25) is 10.0 Å². The van der Waals surface area contributed by atoms with Gasteiger partial charge in [-0.2, -0.15) is 0 Å². The molecule has 0 aliphatic carbocycles. The molecule has 2 heterocycles. The first kappa shape index (κ1) is 20.8. The molecule has 2 amide bonds. The molecule has 0 N–H and O–H groups in total. The molecule has 0 saturated carbocycles. The molecule has 1 fully saturated rings. The Morgan fingerprint density at radius 1 is 0.933 bits per heavy atom. The Morgan fingerprint density at radius 2 is 1.53 bits per heavy atom. The summed E-state index contributed by atoms with van der Waals surface area (Å²) < 4.78 is 2.10. The van der Waals surface area contributed by atoms with Gasteiger partial charge in [-0.1, -0.05) is 35.3 Å². The molecule has 0 bridgehead atoms. The lowest BCUT2D eigenvalue weighted by molar-refractivity contribution is -0.123. The minimum absolute atomic E-state index is 0.225. The van der Waals surface area contributed by atoms with Gasteiger partial charge in [0.2, 0.25) is 0 Å². The van der Waals surface area contributed by atoms with Gasteiger partial charge < -0.3 is 4.57 Å². The lowest BCUT2D eigenvalue weighted by atomic mass is 10.2. The van der Waals surface area contributed by atoms with E-state index in [0.29, 0.717) is 15.0 Å². The van der Waals surface area contributed by atoms with Crippen LogP contribution < -0.4 is 0 Å². The highest BCUT2D eigenvalue weighted by Crippen LogP contribution is 2.34. The maximum atomic E-state index is 12.9. The summed E-state index contributed by atoms with van der Waals surface area (Å²) in [4.78, 5) is 27.0. The molecule has 3 aromatic rings. The number of carbonyl (C=O) groups excluding carboxylic acids is 2. The second-order valence-electron chi connectivity index (χ2n) is 7.03. The van der Waals surface area contributed by atoms with Gasteiger partial charge in [-0.3, -0.25) is 14.5 Å². The van der Waals surface area contributed by atoms with Crippen molar-refractivity contribution in [3.63, 3.8) is 0 Å². The van der Waals surface area contributed by atoms with Gasteiger partial charge in [-0.25, -0.2) is 0 Å². The number of rotatable bonds is 4. The van der Waals surface area contributed by atoms with Crippen molar-refractivity contribution in [2.75, 3.05) is 0 Å². The van der Waals surface area contributed by atoms with Gasteiger partial charge in [0.15, 0.2) is 0 Å². The van der Waals surface area contributed by atoms with Crippen molar-refractivity contribution >= 4 is 52.2 Å². The van der Waals surface area contributed by atoms with Crippen molar-refractivity contribution in [1.82, 2.24) is 9.47 Å². The fraction of sp³-hybridized carbons (Fsp3) is 0.130. The molecule has 1 aliphatic rings. The van der Waals surface area contributed by atoms with Crippen LogP contribution in [-0.4, -0.2) is 20.6 Å². The van der Waals surface area contributed by atoms with E-state index in [4.69, 9.17) is 23.2 Å². The Hall–Kier alpha value is -2.47. The molecule has 0 unspecified atom stereocenters. The maximum Gasteiger partial charge on any atom is 0.293 e. The lowest BCUT2D eigenvalue weighted by Crippen LogP contribution is -2.27. The van der Waals surface area contributed by atoms with Crippen molar-refractivity contribution in [2.24, 2.45) is 0 Å². The van der Waals surface area contributed by atoms with E-state index in [2.05, 4.69) is 4.57 Å². The van der Waals surface area contributed by atoms with E-state index in [-0.39, 0.29) is 17.7 Å². The zero-order valence-electron chi connectivity index (χ0n) is 16.4. The Kier molecular flexibility index (Phi) is 5.78. The molecular formula is C23H18Cl2N2O2S. The van der Waals surface area contributed by atoms with Crippen LogP contribution in [0.3, 0.4) is 0 Å². The largest absolute Gasteiger partial charge is 0.318 e. The van der Waals surface area contributed by atoms with Crippen LogP contribution in [-0.2, 0) is 11.3 Å². The summed E-state index contributed by atoms with van der Waals surface area (Å²) in [5.41, 5.74) is 4.76. The smallest absolute Gasteiger partial charge is 0.293 e. The average molecular weight is 457 g/mol. The number of thioether (sulfide) groups is 1. The molecule has 2 aromatic carbocycles. The van der Waals surface area contributed by atoms with Crippen LogP contribution >= 0.6 is 35.0 Å². The standard InChI is InChI=1S/C23H18Cl2N2O2S/c1-14-11-17(15(2)27(14)20-9-7-19(25)8-10-20)12-21-22(28)26(23(29)30-21)13-16-3-5-18(24)6-4-16/h3-12H,13H2,1-2H3/b21-12-. The monoisotopic (exact) mass is 456 g/mol. The first-order chi connectivity index (χ1) is 14.3. The Balaban J connectivity index is 1.61. The van der Waals surface area contributed by atoms with Crippen molar-refractivity contribution in [3.8, 4) is 5.69 Å². The van der Waals surface area contributed by atoms with E-state index in [0.717, 1.165) is 40.0 Å². The van der Waals surface area contributed by atoms with E-state index in [1.807, 2.05) is 56.3 Å². The highest BCUT2D eigenvalue weighted by Gasteiger charge is 2.35. The molecule has 1 aliphatic heterocycles. The molecule has 4 nitrogen and oxygen atoms in total. The van der Waals surface area contributed by atoms with E-state index in [9.17, 15) is 9.59 Å². The molecule has 1 aromatic heterocycles. The predicted molar refractivity (Wildman–Crippen MR) is 123 cm³/mol. The van der Waals surface area contributed by atoms with Crippen molar-refractivity contribution in [2.45, 2.75) is 20.4 Å². The number of halogens is 2. The minimum atomic E-state index is -0.281. The number of nitrogens with zero attached hydrogens (tertiary/aromatic N) is 2. The van der Waals surface area contributed by atoms with Crippen LogP contribution in [0.1, 0.15) is 22.5 Å². The molecule has 7 heteroatoms. The molecular weight excluding hydrogens is 439 g/mol. The fourth-order valence-electron chi connectivity index (χ4n) is 3.47. The second kappa shape index (κ2) is 8.34. The van der Waals surface area contributed by atoms with Gasteiger partial charge in [0, 0.05) is 27.1 Å². The van der Waals surface area contributed by atoms with Crippen LogP contribution in [0.4, 0.5) is 4.79 Å². The predicted octanol–water partition coefficient (Wildman–Crippen LogP) is 6.64. The zero-order chi connectivity index (χ0) is 21.4. The van der Waals surface area contributed by atoms with E-state index in [1.54, 1.807) is 18.2 Å². The summed E-state index contributed by atoms with van der Waals surface area (Å²) in [6.45, 7) is 4.22. The number of aryl methyl sites for hydroxylation is 1. The van der Waals surface area contributed by atoms with Crippen molar-refractivity contribution in [3.05, 3.63) is 92.1 Å². The fourth-order valence-corrected chi connectivity index (χ4v) is 4.55. The molecule has 0 radical (unpaired) electrons. The number of imide groups is 1. The zero-order valence-corrected chi connectivity index (χ0v) is 18.7. The van der Waals surface area contributed by atoms with Crippen LogP contribution in [0.25, 0.3) is 11.8 Å². The number of benzene rings is 2. The van der Waals surface area contributed by atoms with E-state index >= 15 is 0 Å². The van der Waals surface area contributed by atoms with Crippen LogP contribution in [0.15, 0.2) is 59.5 Å². The highest BCUT2D eigenvalue weighted by molar-refractivity contribution is 8.18. The summed E-state index contributed by atoms with van der Waals surface area (Å²) in [5.74, 6) is -0.281. The summed E-state index contributed by atoms with van der Waals surface area (Å²) in [6, 6.07) is 16.7. The van der Waals surface area contributed by atoms with Gasteiger partial charge in [0.25, 0.3) is 11.1 Å². The van der Waals surface area contributed by atoms with Gasteiger partial charge in [0.1, 0.15) is 0 Å². The number of hydrogen-bond acceptors (Lipinski definition) is 3. The normalized spacial score (nSPS) is 15.5. The summed E-state index contributed by atoms with van der Waals surface area (Å²) in [7, 11) is 0. The average Bonchev–Trinajstić information content (AvgIpc) is 3.14. The third kappa shape index (κ3) is 4.06. The summed E-state index contributed by atoms with van der Waals surface area (Å²) in [6.07, 6.45) is 1.79. The topological polar surface area (TPSA) is 42.3 Å². The maximum absolute atomic E-state index is 12.9. The first-order valence-electron chi connectivity index (χ1n) is 9.28. The first-order valence-corrected chi connectivity index (χ1v) is 10.9. The molecule has 30 heavy (non-hydrogen) atoms. The molecule has 4 rings (SSSR count). The molecule has 0 spiro atoms. The SMILES string of the molecule is Cc1cc(/C=C2\SC(=O)N(Cc3ccc(Cl)cc3)C2=O)c(C)n1-c1ccc(Cl)cc1.